The maximum atomic E-state index is 13.8. The van der Waals surface area contributed by atoms with E-state index < -0.39 is 26.0 Å². The summed E-state index contributed by atoms with van der Waals surface area (Å²) in [6, 6.07) is 9.94. The number of nitrogens with one attached hydrogen (secondary N) is 2. The average Bonchev–Trinajstić information content (AvgIpc) is 2.80. The number of rotatable bonds is 10. The highest BCUT2D eigenvalue weighted by molar-refractivity contribution is 7.89. The van der Waals surface area contributed by atoms with E-state index in [-0.39, 0.29) is 35.5 Å². The molecule has 0 aliphatic heterocycles. The fraction of sp³-hybridized carbons (Fsp3) is 0.500. The van der Waals surface area contributed by atoms with Crippen LogP contribution in [0.4, 0.5) is 0 Å². The Bertz CT molecular complexity index is 1260. The van der Waals surface area contributed by atoms with Gasteiger partial charge in [0.2, 0.25) is 26.0 Å². The molecule has 1 aliphatic carbocycles. The van der Waals surface area contributed by atoms with E-state index in [1.165, 1.54) is 16.4 Å². The van der Waals surface area contributed by atoms with E-state index >= 15 is 0 Å². The van der Waals surface area contributed by atoms with Gasteiger partial charge in [-0.05, 0) is 63.8 Å². The number of carbonyl (C=O) groups excluding carboxylic acids is 1. The summed E-state index contributed by atoms with van der Waals surface area (Å²) in [6.07, 6.45) is 4.33. The van der Waals surface area contributed by atoms with E-state index in [4.69, 9.17) is 0 Å². The smallest absolute Gasteiger partial charge is 0.244 e. The maximum absolute atomic E-state index is 13.8. The van der Waals surface area contributed by atoms with Gasteiger partial charge >= 0.3 is 0 Å². The molecule has 10 heteroatoms. The summed E-state index contributed by atoms with van der Waals surface area (Å²) in [5.74, 6) is -0.457. The molecule has 2 aromatic rings. The van der Waals surface area contributed by atoms with Crippen molar-refractivity contribution in [1.29, 1.82) is 0 Å². The molecule has 0 heterocycles. The molecule has 0 radical (unpaired) electrons. The van der Waals surface area contributed by atoms with Crippen LogP contribution in [0.1, 0.15) is 54.4 Å². The number of benzene rings is 2. The highest BCUT2D eigenvalue weighted by atomic mass is 32.2. The summed E-state index contributed by atoms with van der Waals surface area (Å²) in [5.41, 5.74) is 3.27. The van der Waals surface area contributed by atoms with Crippen LogP contribution < -0.4 is 10.0 Å². The Hall–Kier alpha value is -2.27. The zero-order valence-electron chi connectivity index (χ0n) is 21.5. The SMILES string of the molecule is Cc1ccc(S(=O)(=O)NCCNC(=O)CN(C2CCCCC2)S(=O)(=O)c2c(C)cc(C)cc2C)cc1. The predicted molar refractivity (Wildman–Crippen MR) is 141 cm³/mol. The van der Waals surface area contributed by atoms with Crippen molar-refractivity contribution in [3.8, 4) is 0 Å². The van der Waals surface area contributed by atoms with Gasteiger partial charge in [0, 0.05) is 19.1 Å². The van der Waals surface area contributed by atoms with Crippen LogP contribution in [0, 0.1) is 27.7 Å². The van der Waals surface area contributed by atoms with Crippen LogP contribution in [0.3, 0.4) is 0 Å². The second kappa shape index (κ2) is 11.9. The first kappa shape index (κ1) is 28.3. The van der Waals surface area contributed by atoms with Gasteiger partial charge in [-0.25, -0.2) is 21.6 Å². The Kier molecular flexibility index (Phi) is 9.32. The first-order valence-corrected chi connectivity index (χ1v) is 15.3. The van der Waals surface area contributed by atoms with Crippen LogP contribution in [-0.4, -0.2) is 52.7 Å². The molecule has 1 amide bonds. The molecule has 0 atom stereocenters. The number of hydrogen-bond donors (Lipinski definition) is 2. The zero-order valence-corrected chi connectivity index (χ0v) is 23.1. The molecule has 3 rings (SSSR count). The molecule has 1 saturated carbocycles. The molecule has 8 nitrogen and oxygen atoms in total. The fourth-order valence-electron chi connectivity index (χ4n) is 4.86. The van der Waals surface area contributed by atoms with E-state index in [0.29, 0.717) is 24.0 Å². The minimum atomic E-state index is -3.91. The van der Waals surface area contributed by atoms with E-state index in [2.05, 4.69) is 10.0 Å². The molecule has 2 aromatic carbocycles. The molecule has 2 N–H and O–H groups in total. The van der Waals surface area contributed by atoms with Crippen LogP contribution in [0.25, 0.3) is 0 Å². The number of hydrogen-bond acceptors (Lipinski definition) is 5. The Morgan fingerprint density at radius 3 is 2.03 bits per heavy atom. The van der Waals surface area contributed by atoms with Gasteiger partial charge in [0.25, 0.3) is 0 Å². The highest BCUT2D eigenvalue weighted by Gasteiger charge is 2.35. The van der Waals surface area contributed by atoms with Gasteiger partial charge in [-0.15, -0.1) is 0 Å². The van der Waals surface area contributed by atoms with Crippen molar-refractivity contribution in [2.45, 2.75) is 75.6 Å². The molecular weight excluding hydrogens is 498 g/mol. The van der Waals surface area contributed by atoms with Gasteiger partial charge in [0.1, 0.15) is 0 Å². The van der Waals surface area contributed by atoms with E-state index in [9.17, 15) is 21.6 Å². The Morgan fingerprint density at radius 1 is 0.861 bits per heavy atom. The third-order valence-electron chi connectivity index (χ3n) is 6.52. The van der Waals surface area contributed by atoms with Crippen molar-refractivity contribution < 1.29 is 21.6 Å². The third-order valence-corrected chi connectivity index (χ3v) is 10.2. The molecular formula is C26H37N3O5S2. The second-order valence-electron chi connectivity index (χ2n) is 9.63. The molecule has 0 aromatic heterocycles. The molecule has 0 saturated heterocycles. The summed E-state index contributed by atoms with van der Waals surface area (Å²) >= 11 is 0. The lowest BCUT2D eigenvalue weighted by Crippen LogP contribution is -2.48. The van der Waals surface area contributed by atoms with Gasteiger partial charge in [-0.3, -0.25) is 4.79 Å². The average molecular weight is 536 g/mol. The Balaban J connectivity index is 1.69. The van der Waals surface area contributed by atoms with Gasteiger partial charge in [0.15, 0.2) is 0 Å². The van der Waals surface area contributed by atoms with Crippen LogP contribution in [-0.2, 0) is 24.8 Å². The monoisotopic (exact) mass is 535 g/mol. The van der Waals surface area contributed by atoms with Gasteiger partial charge in [-0.2, -0.15) is 4.31 Å². The second-order valence-corrected chi connectivity index (χ2v) is 13.2. The van der Waals surface area contributed by atoms with Crippen LogP contribution in [0.2, 0.25) is 0 Å². The summed E-state index contributed by atoms with van der Waals surface area (Å²) in [6.45, 7) is 7.11. The zero-order chi connectivity index (χ0) is 26.5. The van der Waals surface area contributed by atoms with Gasteiger partial charge < -0.3 is 5.32 Å². The van der Waals surface area contributed by atoms with Crippen molar-refractivity contribution in [3.05, 3.63) is 58.7 Å². The normalized spacial score (nSPS) is 15.2. The van der Waals surface area contributed by atoms with Crippen molar-refractivity contribution >= 4 is 26.0 Å². The number of amides is 1. The molecule has 198 valence electrons. The molecule has 36 heavy (non-hydrogen) atoms. The number of sulfonamides is 2. The number of carbonyl (C=O) groups is 1. The van der Waals surface area contributed by atoms with E-state index in [0.717, 1.165) is 30.4 Å². The minimum absolute atomic E-state index is 0.00565. The molecule has 0 unspecified atom stereocenters. The van der Waals surface area contributed by atoms with E-state index in [1.807, 2.05) is 26.0 Å². The van der Waals surface area contributed by atoms with Gasteiger partial charge in [0.05, 0.1) is 16.3 Å². The predicted octanol–water partition coefficient (Wildman–Crippen LogP) is 3.34. The largest absolute Gasteiger partial charge is 0.354 e. The molecule has 1 aliphatic rings. The van der Waals surface area contributed by atoms with Gasteiger partial charge in [-0.1, -0.05) is 54.7 Å². The van der Waals surface area contributed by atoms with Crippen molar-refractivity contribution in [1.82, 2.24) is 14.3 Å². The minimum Gasteiger partial charge on any atom is -0.354 e. The fourth-order valence-corrected chi connectivity index (χ4v) is 7.94. The Morgan fingerprint density at radius 2 is 1.44 bits per heavy atom. The maximum Gasteiger partial charge on any atom is 0.244 e. The first-order valence-electron chi connectivity index (χ1n) is 12.3. The number of aryl methyl sites for hydroxylation is 4. The number of nitrogens with zero attached hydrogens (tertiary/aromatic N) is 1. The van der Waals surface area contributed by atoms with Crippen LogP contribution in [0.15, 0.2) is 46.2 Å². The van der Waals surface area contributed by atoms with Crippen molar-refractivity contribution in [2.75, 3.05) is 19.6 Å². The van der Waals surface area contributed by atoms with Crippen LogP contribution in [0.5, 0.6) is 0 Å². The lowest BCUT2D eigenvalue weighted by atomic mass is 9.95. The molecule has 0 bridgehead atoms. The molecule has 1 fully saturated rings. The standard InChI is InChI=1S/C26H37N3O5S2/c1-19-10-12-24(13-11-19)35(31,32)28-15-14-27-25(30)18-29(23-8-6-5-7-9-23)36(33,34)26-21(3)16-20(2)17-22(26)4/h10-13,16-17,23,28H,5-9,14-15,18H2,1-4H3,(H,27,30). The Labute approximate surface area is 215 Å². The lowest BCUT2D eigenvalue weighted by Gasteiger charge is -2.33. The summed E-state index contributed by atoms with van der Waals surface area (Å²) in [7, 11) is -7.60. The first-order chi connectivity index (χ1) is 16.9. The summed E-state index contributed by atoms with van der Waals surface area (Å²) in [5, 5.41) is 2.68. The van der Waals surface area contributed by atoms with E-state index in [1.54, 1.807) is 26.0 Å². The quantitative estimate of drug-likeness (QED) is 0.453. The van der Waals surface area contributed by atoms with Crippen molar-refractivity contribution in [2.24, 2.45) is 0 Å². The lowest BCUT2D eigenvalue weighted by molar-refractivity contribution is -0.121. The molecule has 0 spiro atoms. The van der Waals surface area contributed by atoms with Crippen LogP contribution >= 0.6 is 0 Å². The van der Waals surface area contributed by atoms with Crippen molar-refractivity contribution in [3.63, 3.8) is 0 Å². The summed E-state index contributed by atoms with van der Waals surface area (Å²) in [4.78, 5) is 13.2. The highest BCUT2D eigenvalue weighted by Crippen LogP contribution is 2.31. The third kappa shape index (κ3) is 6.94. The summed E-state index contributed by atoms with van der Waals surface area (Å²) < 4.78 is 56.3. The topological polar surface area (TPSA) is 113 Å².